The predicted octanol–water partition coefficient (Wildman–Crippen LogP) is 0.976. The molecule has 18 heavy (non-hydrogen) atoms. The highest BCUT2D eigenvalue weighted by Gasteiger charge is 2.14. The van der Waals surface area contributed by atoms with E-state index in [4.69, 9.17) is 0 Å². The van der Waals surface area contributed by atoms with Gasteiger partial charge in [-0.3, -0.25) is 0 Å². The van der Waals surface area contributed by atoms with Gasteiger partial charge in [0.25, 0.3) is 0 Å². The molecule has 0 bridgehead atoms. The van der Waals surface area contributed by atoms with Crippen molar-refractivity contribution < 1.29 is 0 Å². The normalized spacial score (nSPS) is 13.2. The summed E-state index contributed by atoms with van der Waals surface area (Å²) in [5.74, 6) is 1.28. The summed E-state index contributed by atoms with van der Waals surface area (Å²) in [6.07, 6.45) is 4.19. The zero-order chi connectivity index (χ0) is 13.1. The molecule has 0 amide bonds. The lowest BCUT2D eigenvalue weighted by Crippen LogP contribution is -2.21. The van der Waals surface area contributed by atoms with Crippen LogP contribution in [-0.4, -0.2) is 31.8 Å². The molecule has 2 rings (SSSR count). The lowest BCUT2D eigenvalue weighted by atomic mass is 9.99. The minimum Gasteiger partial charge on any atom is -0.346 e. The quantitative estimate of drug-likeness (QED) is 0.856. The standard InChI is InChI=1S/C12H20N6/c1-9(2)12(13-3)10-5-6-18(7-10)8-11-14-16-17(4)15-11/h5-7,9,12-13H,8H2,1-4H3. The smallest absolute Gasteiger partial charge is 0.194 e. The van der Waals surface area contributed by atoms with E-state index in [0.717, 1.165) is 5.82 Å². The van der Waals surface area contributed by atoms with Gasteiger partial charge in [-0.25, -0.2) is 0 Å². The summed E-state index contributed by atoms with van der Waals surface area (Å²) in [5, 5.41) is 15.3. The summed E-state index contributed by atoms with van der Waals surface area (Å²) in [6, 6.07) is 2.51. The second-order valence-electron chi connectivity index (χ2n) is 4.82. The fourth-order valence-corrected chi connectivity index (χ4v) is 2.18. The third-order valence-electron chi connectivity index (χ3n) is 2.98. The van der Waals surface area contributed by atoms with E-state index in [1.54, 1.807) is 7.05 Å². The van der Waals surface area contributed by atoms with Crippen LogP contribution in [-0.2, 0) is 13.6 Å². The Kier molecular flexibility index (Phi) is 3.76. The van der Waals surface area contributed by atoms with E-state index in [-0.39, 0.29) is 0 Å². The Hall–Kier alpha value is -1.69. The number of rotatable bonds is 5. The molecule has 0 spiro atoms. The topological polar surface area (TPSA) is 60.6 Å². The Morgan fingerprint density at radius 1 is 1.39 bits per heavy atom. The Balaban J connectivity index is 2.10. The van der Waals surface area contributed by atoms with Crippen molar-refractivity contribution in [3.63, 3.8) is 0 Å². The first kappa shape index (κ1) is 12.8. The first-order chi connectivity index (χ1) is 8.60. The van der Waals surface area contributed by atoms with E-state index in [1.165, 1.54) is 10.4 Å². The molecule has 2 aromatic rings. The molecule has 0 aliphatic rings. The number of aryl methyl sites for hydroxylation is 1. The number of nitrogens with zero attached hydrogens (tertiary/aromatic N) is 5. The molecule has 0 saturated heterocycles. The Bertz CT molecular complexity index is 498. The molecule has 0 saturated carbocycles. The highest BCUT2D eigenvalue weighted by molar-refractivity contribution is 5.16. The van der Waals surface area contributed by atoms with Crippen LogP contribution in [0, 0.1) is 5.92 Å². The molecule has 0 aliphatic carbocycles. The van der Waals surface area contributed by atoms with Gasteiger partial charge < -0.3 is 9.88 Å². The highest BCUT2D eigenvalue weighted by atomic mass is 15.6. The second kappa shape index (κ2) is 5.30. The fraction of sp³-hybridized carbons (Fsp3) is 0.583. The van der Waals surface area contributed by atoms with Crippen molar-refractivity contribution in [2.24, 2.45) is 13.0 Å². The summed E-state index contributed by atoms with van der Waals surface area (Å²) in [6.45, 7) is 5.08. The molecule has 6 heteroatoms. The average Bonchev–Trinajstić information content (AvgIpc) is 2.90. The molecule has 1 atom stereocenters. The molecule has 0 aliphatic heterocycles. The van der Waals surface area contributed by atoms with Crippen LogP contribution >= 0.6 is 0 Å². The predicted molar refractivity (Wildman–Crippen MR) is 69.0 cm³/mol. The van der Waals surface area contributed by atoms with Crippen molar-refractivity contribution in [2.45, 2.75) is 26.4 Å². The van der Waals surface area contributed by atoms with E-state index in [0.29, 0.717) is 18.5 Å². The van der Waals surface area contributed by atoms with Crippen LogP contribution in [0.2, 0.25) is 0 Å². The summed E-state index contributed by atoms with van der Waals surface area (Å²) >= 11 is 0. The Labute approximate surface area is 107 Å². The maximum Gasteiger partial charge on any atom is 0.194 e. The van der Waals surface area contributed by atoms with Gasteiger partial charge in [-0.15, -0.1) is 10.2 Å². The molecule has 0 radical (unpaired) electrons. The van der Waals surface area contributed by atoms with E-state index < -0.39 is 0 Å². The molecule has 0 aromatic carbocycles. The molecular weight excluding hydrogens is 228 g/mol. The molecule has 0 fully saturated rings. The average molecular weight is 248 g/mol. The van der Waals surface area contributed by atoms with Gasteiger partial charge >= 0.3 is 0 Å². The minimum absolute atomic E-state index is 0.376. The van der Waals surface area contributed by atoms with Gasteiger partial charge in [0.1, 0.15) is 0 Å². The maximum absolute atomic E-state index is 4.17. The van der Waals surface area contributed by atoms with Gasteiger partial charge in [0.2, 0.25) is 0 Å². The Morgan fingerprint density at radius 3 is 2.72 bits per heavy atom. The number of hydrogen-bond acceptors (Lipinski definition) is 4. The van der Waals surface area contributed by atoms with Gasteiger partial charge in [-0.2, -0.15) is 4.80 Å². The van der Waals surface area contributed by atoms with Crippen molar-refractivity contribution in [1.29, 1.82) is 0 Å². The van der Waals surface area contributed by atoms with Crippen molar-refractivity contribution in [3.8, 4) is 0 Å². The van der Waals surface area contributed by atoms with Crippen LogP contribution in [0.4, 0.5) is 0 Å². The highest BCUT2D eigenvalue weighted by Crippen LogP contribution is 2.21. The molecule has 1 N–H and O–H groups in total. The van der Waals surface area contributed by atoms with Crippen molar-refractivity contribution >= 4 is 0 Å². The van der Waals surface area contributed by atoms with Gasteiger partial charge in [-0.05, 0) is 29.8 Å². The lowest BCUT2D eigenvalue weighted by Gasteiger charge is -2.18. The van der Waals surface area contributed by atoms with Crippen LogP contribution in [0.25, 0.3) is 0 Å². The maximum atomic E-state index is 4.17. The number of nitrogens with one attached hydrogen (secondary N) is 1. The molecule has 1 unspecified atom stereocenters. The Morgan fingerprint density at radius 2 is 2.17 bits per heavy atom. The van der Waals surface area contributed by atoms with E-state index in [2.05, 4.69) is 57.6 Å². The van der Waals surface area contributed by atoms with Gasteiger partial charge in [0.15, 0.2) is 5.82 Å². The van der Waals surface area contributed by atoms with E-state index in [9.17, 15) is 0 Å². The van der Waals surface area contributed by atoms with Gasteiger partial charge in [0, 0.05) is 18.4 Å². The number of tetrazole rings is 1. The third-order valence-corrected chi connectivity index (χ3v) is 2.98. The van der Waals surface area contributed by atoms with Gasteiger partial charge in [0.05, 0.1) is 13.6 Å². The zero-order valence-electron chi connectivity index (χ0n) is 11.3. The summed E-state index contributed by atoms with van der Waals surface area (Å²) in [5.41, 5.74) is 1.29. The van der Waals surface area contributed by atoms with E-state index in [1.807, 2.05) is 7.05 Å². The van der Waals surface area contributed by atoms with Crippen molar-refractivity contribution in [3.05, 3.63) is 29.8 Å². The molecule has 2 aromatic heterocycles. The zero-order valence-corrected chi connectivity index (χ0v) is 11.3. The van der Waals surface area contributed by atoms with Crippen LogP contribution in [0.5, 0.6) is 0 Å². The largest absolute Gasteiger partial charge is 0.346 e. The van der Waals surface area contributed by atoms with E-state index >= 15 is 0 Å². The van der Waals surface area contributed by atoms with Gasteiger partial charge in [-0.1, -0.05) is 13.8 Å². The molecule has 2 heterocycles. The third kappa shape index (κ3) is 2.76. The number of aromatic nitrogens is 5. The van der Waals surface area contributed by atoms with Crippen LogP contribution in [0.15, 0.2) is 18.5 Å². The SMILES string of the molecule is CNC(c1ccn(Cc2nnn(C)n2)c1)C(C)C. The fourth-order valence-electron chi connectivity index (χ4n) is 2.18. The second-order valence-corrected chi connectivity index (χ2v) is 4.82. The summed E-state index contributed by atoms with van der Waals surface area (Å²) < 4.78 is 2.08. The monoisotopic (exact) mass is 248 g/mol. The minimum atomic E-state index is 0.376. The first-order valence-electron chi connectivity index (χ1n) is 6.16. The number of hydrogen-bond donors (Lipinski definition) is 1. The van der Waals surface area contributed by atoms with Crippen molar-refractivity contribution in [2.75, 3.05) is 7.05 Å². The summed E-state index contributed by atoms with van der Waals surface area (Å²) in [4.78, 5) is 1.48. The van der Waals surface area contributed by atoms with Crippen LogP contribution in [0.1, 0.15) is 31.3 Å². The molecular formula is C12H20N6. The van der Waals surface area contributed by atoms with Crippen molar-refractivity contribution in [1.82, 2.24) is 30.1 Å². The molecule has 6 nitrogen and oxygen atoms in total. The van der Waals surface area contributed by atoms with Crippen LogP contribution < -0.4 is 5.32 Å². The first-order valence-corrected chi connectivity index (χ1v) is 6.16. The van der Waals surface area contributed by atoms with Crippen LogP contribution in [0.3, 0.4) is 0 Å². The lowest BCUT2D eigenvalue weighted by molar-refractivity contribution is 0.442. The molecule has 98 valence electrons. The summed E-state index contributed by atoms with van der Waals surface area (Å²) in [7, 11) is 3.76.